The van der Waals surface area contributed by atoms with Gasteiger partial charge in [-0.1, -0.05) is 0 Å². The lowest BCUT2D eigenvalue weighted by atomic mass is 10.2. The van der Waals surface area contributed by atoms with Gasteiger partial charge in [0.05, 0.1) is 0 Å². The summed E-state index contributed by atoms with van der Waals surface area (Å²) in [5.41, 5.74) is 2.34. The highest BCUT2D eigenvalue weighted by Crippen LogP contribution is 2.21. The molecule has 0 bridgehead atoms. The summed E-state index contributed by atoms with van der Waals surface area (Å²) >= 11 is 0. The first kappa shape index (κ1) is 19.0. The maximum atomic E-state index is 12.7. The van der Waals surface area contributed by atoms with Crippen LogP contribution in [-0.2, 0) is 4.79 Å². The van der Waals surface area contributed by atoms with E-state index in [0.29, 0.717) is 24.4 Å². The van der Waals surface area contributed by atoms with Crippen LogP contribution in [0, 0.1) is 6.92 Å². The summed E-state index contributed by atoms with van der Waals surface area (Å²) in [6.07, 6.45) is 4.56. The lowest BCUT2D eigenvalue weighted by Crippen LogP contribution is -2.38. The van der Waals surface area contributed by atoms with Gasteiger partial charge in [0.15, 0.2) is 6.61 Å². The Bertz CT molecular complexity index is 1080. The number of hydrogen-bond donors (Lipinski definition) is 0. The van der Waals surface area contributed by atoms with Gasteiger partial charge in [0.1, 0.15) is 11.3 Å². The van der Waals surface area contributed by atoms with E-state index in [1.165, 1.54) is 11.8 Å². The second-order valence-electron chi connectivity index (χ2n) is 7.13. The Kier molecular flexibility index (Phi) is 5.46. The number of fused-ring (bicyclic) bond motifs is 1. The largest absolute Gasteiger partial charge is 0.484 e. The fourth-order valence-electron chi connectivity index (χ4n) is 3.60. The third-order valence-corrected chi connectivity index (χ3v) is 5.14. The van der Waals surface area contributed by atoms with E-state index in [1.807, 2.05) is 17.2 Å². The second kappa shape index (κ2) is 8.34. The van der Waals surface area contributed by atoms with Crippen LogP contribution in [0.2, 0.25) is 0 Å². The van der Waals surface area contributed by atoms with Crippen LogP contribution >= 0.6 is 0 Å². The van der Waals surface area contributed by atoms with Crippen molar-refractivity contribution in [1.29, 1.82) is 0 Å². The molecule has 0 aliphatic carbocycles. The first-order valence-electron chi connectivity index (χ1n) is 9.70. The summed E-state index contributed by atoms with van der Waals surface area (Å²) in [5, 5.41) is 0.808. The van der Waals surface area contributed by atoms with E-state index in [9.17, 15) is 9.59 Å². The van der Waals surface area contributed by atoms with Gasteiger partial charge in [0, 0.05) is 61.8 Å². The van der Waals surface area contributed by atoms with Gasteiger partial charge in [-0.25, -0.2) is 4.79 Å². The molecule has 1 aliphatic rings. The number of carbonyl (C=O) groups is 1. The quantitative estimate of drug-likeness (QED) is 0.635. The minimum absolute atomic E-state index is 0.0448. The highest BCUT2D eigenvalue weighted by Gasteiger charge is 2.20. The second-order valence-corrected chi connectivity index (χ2v) is 7.13. The fourth-order valence-corrected chi connectivity index (χ4v) is 3.60. The standard InChI is InChI=1S/C22H23N3O4/c1-16-14-23-8-7-19(16)24-9-2-10-25(12-11-24)21(26)15-28-18-5-3-17-4-6-22(27)29-20(17)13-18/h3-8,13-14H,2,9-12,15H2,1H3. The van der Waals surface area contributed by atoms with Crippen LogP contribution in [0.4, 0.5) is 5.69 Å². The van der Waals surface area contributed by atoms with Crippen LogP contribution in [0.5, 0.6) is 5.75 Å². The number of carbonyl (C=O) groups excluding carboxylic acids is 1. The molecule has 3 heterocycles. The summed E-state index contributed by atoms with van der Waals surface area (Å²) < 4.78 is 10.8. The van der Waals surface area contributed by atoms with Gasteiger partial charge in [0.2, 0.25) is 0 Å². The molecule has 0 unspecified atom stereocenters. The molecule has 7 heteroatoms. The minimum Gasteiger partial charge on any atom is -0.484 e. The fraction of sp³-hybridized carbons (Fsp3) is 0.318. The van der Waals surface area contributed by atoms with Crippen LogP contribution in [0.3, 0.4) is 0 Å². The molecule has 29 heavy (non-hydrogen) atoms. The Hall–Kier alpha value is -3.35. The van der Waals surface area contributed by atoms with Crippen LogP contribution < -0.4 is 15.3 Å². The molecule has 1 aromatic carbocycles. The number of amides is 1. The van der Waals surface area contributed by atoms with Crippen molar-refractivity contribution in [2.24, 2.45) is 0 Å². The Balaban J connectivity index is 1.36. The SMILES string of the molecule is Cc1cnccc1N1CCCN(C(=O)COc2ccc3ccc(=O)oc3c2)CC1. The van der Waals surface area contributed by atoms with Crippen molar-refractivity contribution < 1.29 is 13.9 Å². The average Bonchev–Trinajstić information content (AvgIpc) is 2.98. The molecule has 0 N–H and O–H groups in total. The zero-order valence-corrected chi connectivity index (χ0v) is 16.3. The molecule has 1 aliphatic heterocycles. The average molecular weight is 393 g/mol. The number of aryl methyl sites for hydroxylation is 1. The summed E-state index contributed by atoms with van der Waals surface area (Å²) in [5.74, 6) is 0.456. The molecule has 1 fully saturated rings. The molecule has 150 valence electrons. The zero-order chi connectivity index (χ0) is 20.2. The molecule has 0 spiro atoms. The molecule has 0 atom stereocenters. The van der Waals surface area contributed by atoms with E-state index in [-0.39, 0.29) is 12.5 Å². The topological polar surface area (TPSA) is 75.9 Å². The summed E-state index contributed by atoms with van der Waals surface area (Å²) in [7, 11) is 0. The summed E-state index contributed by atoms with van der Waals surface area (Å²) in [4.78, 5) is 32.3. The Morgan fingerprint density at radius 2 is 2.00 bits per heavy atom. The third-order valence-electron chi connectivity index (χ3n) is 5.14. The number of anilines is 1. The monoisotopic (exact) mass is 393 g/mol. The minimum atomic E-state index is -0.413. The highest BCUT2D eigenvalue weighted by atomic mass is 16.5. The molecule has 0 radical (unpaired) electrons. The first-order valence-corrected chi connectivity index (χ1v) is 9.70. The van der Waals surface area contributed by atoms with Crippen LogP contribution in [-0.4, -0.2) is 48.6 Å². The lowest BCUT2D eigenvalue weighted by molar-refractivity contribution is -0.133. The van der Waals surface area contributed by atoms with Crippen molar-refractivity contribution in [2.75, 3.05) is 37.7 Å². The van der Waals surface area contributed by atoms with Gasteiger partial charge in [-0.2, -0.15) is 0 Å². The maximum Gasteiger partial charge on any atom is 0.336 e. The van der Waals surface area contributed by atoms with Gasteiger partial charge >= 0.3 is 5.63 Å². The number of ether oxygens (including phenoxy) is 1. The van der Waals surface area contributed by atoms with Crippen molar-refractivity contribution in [3.63, 3.8) is 0 Å². The summed E-state index contributed by atoms with van der Waals surface area (Å²) in [6.45, 7) is 5.04. The third kappa shape index (κ3) is 4.39. The molecule has 4 rings (SSSR count). The smallest absolute Gasteiger partial charge is 0.336 e. The van der Waals surface area contributed by atoms with E-state index < -0.39 is 5.63 Å². The van der Waals surface area contributed by atoms with Gasteiger partial charge in [0.25, 0.3) is 5.91 Å². The van der Waals surface area contributed by atoms with E-state index in [0.717, 1.165) is 30.5 Å². The predicted octanol–water partition coefficient (Wildman–Crippen LogP) is 2.61. The van der Waals surface area contributed by atoms with Crippen molar-refractivity contribution in [2.45, 2.75) is 13.3 Å². The molecular weight excluding hydrogens is 370 g/mol. The number of nitrogens with zero attached hydrogens (tertiary/aromatic N) is 3. The van der Waals surface area contributed by atoms with Crippen molar-refractivity contribution in [1.82, 2.24) is 9.88 Å². The van der Waals surface area contributed by atoms with Crippen molar-refractivity contribution in [3.8, 4) is 5.75 Å². The van der Waals surface area contributed by atoms with Gasteiger partial charge in [-0.3, -0.25) is 9.78 Å². The first-order chi connectivity index (χ1) is 14.1. The van der Waals surface area contributed by atoms with Crippen LogP contribution in [0.15, 0.2) is 58.0 Å². The van der Waals surface area contributed by atoms with Crippen LogP contribution in [0.1, 0.15) is 12.0 Å². The van der Waals surface area contributed by atoms with Crippen LogP contribution in [0.25, 0.3) is 11.0 Å². The van der Waals surface area contributed by atoms with Crippen molar-refractivity contribution >= 4 is 22.6 Å². The van der Waals surface area contributed by atoms with Gasteiger partial charge < -0.3 is 19.0 Å². The Morgan fingerprint density at radius 1 is 1.14 bits per heavy atom. The number of aromatic nitrogens is 1. The predicted molar refractivity (Wildman–Crippen MR) is 110 cm³/mol. The Labute approximate surface area is 168 Å². The number of hydrogen-bond acceptors (Lipinski definition) is 6. The molecule has 0 saturated carbocycles. The molecule has 1 saturated heterocycles. The molecule has 3 aromatic rings. The number of benzene rings is 1. The van der Waals surface area contributed by atoms with E-state index in [1.54, 1.807) is 30.5 Å². The molecule has 1 amide bonds. The number of pyridine rings is 1. The van der Waals surface area contributed by atoms with Crippen molar-refractivity contribution in [3.05, 3.63) is 64.8 Å². The Morgan fingerprint density at radius 3 is 2.86 bits per heavy atom. The molecule has 7 nitrogen and oxygen atoms in total. The summed E-state index contributed by atoms with van der Waals surface area (Å²) in [6, 6.07) is 10.3. The highest BCUT2D eigenvalue weighted by molar-refractivity contribution is 5.79. The zero-order valence-electron chi connectivity index (χ0n) is 16.3. The van der Waals surface area contributed by atoms with E-state index >= 15 is 0 Å². The van der Waals surface area contributed by atoms with E-state index in [2.05, 4.69) is 16.8 Å². The molecule has 2 aromatic heterocycles. The lowest BCUT2D eigenvalue weighted by Gasteiger charge is -2.25. The van der Waals surface area contributed by atoms with Gasteiger partial charge in [-0.15, -0.1) is 0 Å². The van der Waals surface area contributed by atoms with E-state index in [4.69, 9.17) is 9.15 Å². The normalized spacial score (nSPS) is 14.7. The maximum absolute atomic E-state index is 12.7. The van der Waals surface area contributed by atoms with Gasteiger partial charge in [-0.05, 0) is 43.2 Å². The molecular formula is C22H23N3O4. The number of rotatable bonds is 4.